The van der Waals surface area contributed by atoms with Crippen molar-refractivity contribution >= 4 is 22.5 Å². The lowest BCUT2D eigenvalue weighted by molar-refractivity contribution is 0.620. The highest BCUT2D eigenvalue weighted by Gasteiger charge is 2.09. The molecule has 3 aromatic rings. The molecule has 0 aliphatic carbocycles. The summed E-state index contributed by atoms with van der Waals surface area (Å²) in [6, 6.07) is 13.6. The topological polar surface area (TPSA) is 55.3 Å². The Morgan fingerprint density at radius 3 is 2.74 bits per heavy atom. The van der Waals surface area contributed by atoms with Crippen molar-refractivity contribution in [3.05, 3.63) is 42.5 Å². The summed E-state index contributed by atoms with van der Waals surface area (Å²) >= 11 is 0. The number of hydrogen-bond donors (Lipinski definition) is 1. The van der Waals surface area contributed by atoms with Gasteiger partial charge in [-0.25, -0.2) is 4.98 Å². The van der Waals surface area contributed by atoms with Crippen molar-refractivity contribution in [2.75, 3.05) is 24.7 Å². The number of hydrogen-bond acceptors (Lipinski definition) is 4. The summed E-state index contributed by atoms with van der Waals surface area (Å²) in [5.41, 5.74) is 10.0. The number of anilines is 2. The van der Waals surface area contributed by atoms with E-state index in [9.17, 15) is 0 Å². The minimum absolute atomic E-state index is 0.615. The Balaban J connectivity index is 2.11. The summed E-state index contributed by atoms with van der Waals surface area (Å²) in [5.74, 6) is 0.615. The predicted octanol–water partition coefficient (Wildman–Crippen LogP) is 3.14. The van der Waals surface area contributed by atoms with Gasteiger partial charge >= 0.3 is 0 Å². The molecule has 0 fully saturated rings. The van der Waals surface area contributed by atoms with E-state index < -0.39 is 0 Å². The molecular weight excluding hydrogens is 238 g/mol. The van der Waals surface area contributed by atoms with Gasteiger partial charge in [0.2, 0.25) is 5.89 Å². The molecule has 0 bridgehead atoms. The van der Waals surface area contributed by atoms with Crippen LogP contribution in [0, 0.1) is 0 Å². The van der Waals surface area contributed by atoms with Crippen LogP contribution in [0.1, 0.15) is 0 Å². The average Bonchev–Trinajstić information content (AvgIpc) is 2.81. The van der Waals surface area contributed by atoms with Gasteiger partial charge in [-0.2, -0.15) is 0 Å². The molecule has 0 radical (unpaired) electrons. The summed E-state index contributed by atoms with van der Waals surface area (Å²) in [5, 5.41) is 0. The Hall–Kier alpha value is -2.49. The molecule has 1 aromatic heterocycles. The Morgan fingerprint density at radius 2 is 1.95 bits per heavy atom. The van der Waals surface area contributed by atoms with Crippen molar-refractivity contribution in [3.8, 4) is 11.5 Å². The van der Waals surface area contributed by atoms with E-state index in [1.165, 1.54) is 0 Å². The normalized spacial score (nSPS) is 10.8. The number of rotatable bonds is 2. The molecule has 0 spiro atoms. The van der Waals surface area contributed by atoms with Gasteiger partial charge in [0.15, 0.2) is 5.58 Å². The van der Waals surface area contributed by atoms with Crippen molar-refractivity contribution in [2.45, 2.75) is 0 Å². The molecule has 1 heterocycles. The second-order valence-electron chi connectivity index (χ2n) is 4.69. The van der Waals surface area contributed by atoms with Crippen molar-refractivity contribution in [1.82, 2.24) is 4.98 Å². The standard InChI is InChI=1S/C15H15N3O/c1-18(2)12-5-3-4-10(8-12)15-17-13-7-6-11(16)9-14(13)19-15/h3-9H,16H2,1-2H3. The molecule has 0 atom stereocenters. The minimum atomic E-state index is 0.615. The molecule has 2 N–H and O–H groups in total. The SMILES string of the molecule is CN(C)c1cccc(-c2nc3ccc(N)cc3o2)c1. The van der Waals surface area contributed by atoms with Crippen LogP contribution in [-0.4, -0.2) is 19.1 Å². The monoisotopic (exact) mass is 253 g/mol. The second-order valence-corrected chi connectivity index (χ2v) is 4.69. The Labute approximate surface area is 111 Å². The highest BCUT2D eigenvalue weighted by atomic mass is 16.3. The fourth-order valence-corrected chi connectivity index (χ4v) is 1.98. The van der Waals surface area contributed by atoms with Gasteiger partial charge in [-0.15, -0.1) is 0 Å². The Bertz CT molecular complexity index is 731. The van der Waals surface area contributed by atoms with E-state index in [0.717, 1.165) is 16.8 Å². The third-order valence-electron chi connectivity index (χ3n) is 3.02. The van der Waals surface area contributed by atoms with Gasteiger partial charge < -0.3 is 15.1 Å². The van der Waals surface area contributed by atoms with Gasteiger partial charge in [0, 0.05) is 37.1 Å². The molecule has 2 aromatic carbocycles. The van der Waals surface area contributed by atoms with Gasteiger partial charge in [0.25, 0.3) is 0 Å². The van der Waals surface area contributed by atoms with Gasteiger partial charge in [0.05, 0.1) is 0 Å². The summed E-state index contributed by atoms with van der Waals surface area (Å²) in [7, 11) is 4.01. The van der Waals surface area contributed by atoms with Crippen molar-refractivity contribution in [3.63, 3.8) is 0 Å². The van der Waals surface area contributed by atoms with Crippen LogP contribution in [0.15, 0.2) is 46.9 Å². The molecule has 0 amide bonds. The molecule has 3 rings (SSSR count). The lowest BCUT2D eigenvalue weighted by Gasteiger charge is -2.12. The van der Waals surface area contributed by atoms with Crippen LogP contribution in [0.2, 0.25) is 0 Å². The first-order valence-electron chi connectivity index (χ1n) is 6.07. The predicted molar refractivity (Wildman–Crippen MR) is 78.2 cm³/mol. The summed E-state index contributed by atoms with van der Waals surface area (Å²) in [6.45, 7) is 0. The van der Waals surface area contributed by atoms with Crippen LogP contribution in [0.5, 0.6) is 0 Å². The first kappa shape index (κ1) is 11.6. The van der Waals surface area contributed by atoms with Crippen LogP contribution in [0.3, 0.4) is 0 Å². The summed E-state index contributed by atoms with van der Waals surface area (Å²) in [6.07, 6.45) is 0. The number of oxazole rings is 1. The molecular formula is C15H15N3O. The molecule has 0 aliphatic heterocycles. The van der Waals surface area contributed by atoms with Crippen LogP contribution in [0.25, 0.3) is 22.6 Å². The molecule has 19 heavy (non-hydrogen) atoms. The minimum Gasteiger partial charge on any atom is -0.436 e. The highest BCUT2D eigenvalue weighted by Crippen LogP contribution is 2.27. The van der Waals surface area contributed by atoms with E-state index in [2.05, 4.69) is 4.98 Å². The lowest BCUT2D eigenvalue weighted by Crippen LogP contribution is -2.08. The average molecular weight is 253 g/mol. The number of nitrogen functional groups attached to an aromatic ring is 1. The second kappa shape index (κ2) is 4.31. The number of fused-ring (bicyclic) bond motifs is 1. The molecule has 0 saturated carbocycles. The third-order valence-corrected chi connectivity index (χ3v) is 3.02. The molecule has 4 heteroatoms. The van der Waals surface area contributed by atoms with Gasteiger partial charge in [-0.05, 0) is 30.3 Å². The lowest BCUT2D eigenvalue weighted by atomic mass is 10.2. The molecule has 0 unspecified atom stereocenters. The Kier molecular flexibility index (Phi) is 2.63. The van der Waals surface area contributed by atoms with E-state index >= 15 is 0 Å². The molecule has 0 aliphatic rings. The fraction of sp³-hybridized carbons (Fsp3) is 0.133. The van der Waals surface area contributed by atoms with E-state index in [0.29, 0.717) is 17.2 Å². The smallest absolute Gasteiger partial charge is 0.227 e. The maximum atomic E-state index is 5.76. The van der Waals surface area contributed by atoms with Crippen molar-refractivity contribution in [1.29, 1.82) is 0 Å². The number of nitrogens with zero attached hydrogens (tertiary/aromatic N) is 2. The van der Waals surface area contributed by atoms with Crippen LogP contribution in [-0.2, 0) is 0 Å². The third kappa shape index (κ3) is 2.12. The number of nitrogens with two attached hydrogens (primary N) is 1. The summed E-state index contributed by atoms with van der Waals surface area (Å²) in [4.78, 5) is 6.53. The zero-order valence-electron chi connectivity index (χ0n) is 10.9. The fourth-order valence-electron chi connectivity index (χ4n) is 1.98. The Morgan fingerprint density at radius 1 is 1.11 bits per heavy atom. The molecule has 4 nitrogen and oxygen atoms in total. The zero-order chi connectivity index (χ0) is 13.4. The van der Waals surface area contributed by atoms with Gasteiger partial charge in [-0.1, -0.05) is 6.07 Å². The highest BCUT2D eigenvalue weighted by molar-refractivity contribution is 5.79. The quantitative estimate of drug-likeness (QED) is 0.713. The van der Waals surface area contributed by atoms with Crippen molar-refractivity contribution in [2.24, 2.45) is 0 Å². The van der Waals surface area contributed by atoms with Crippen LogP contribution < -0.4 is 10.6 Å². The first-order chi connectivity index (χ1) is 9.13. The zero-order valence-corrected chi connectivity index (χ0v) is 10.9. The van der Waals surface area contributed by atoms with E-state index in [1.807, 2.05) is 55.4 Å². The van der Waals surface area contributed by atoms with E-state index in [-0.39, 0.29) is 0 Å². The van der Waals surface area contributed by atoms with Gasteiger partial charge in [-0.3, -0.25) is 0 Å². The molecule has 0 saturated heterocycles. The molecule has 96 valence electrons. The maximum absolute atomic E-state index is 5.76. The van der Waals surface area contributed by atoms with E-state index in [1.54, 1.807) is 6.07 Å². The van der Waals surface area contributed by atoms with Gasteiger partial charge in [0.1, 0.15) is 5.52 Å². The van der Waals surface area contributed by atoms with Crippen molar-refractivity contribution < 1.29 is 4.42 Å². The maximum Gasteiger partial charge on any atom is 0.227 e. The van der Waals surface area contributed by atoms with Crippen LogP contribution >= 0.6 is 0 Å². The summed E-state index contributed by atoms with van der Waals surface area (Å²) < 4.78 is 5.76. The first-order valence-corrected chi connectivity index (χ1v) is 6.07. The largest absolute Gasteiger partial charge is 0.436 e. The number of aromatic nitrogens is 1. The van der Waals surface area contributed by atoms with Crippen LogP contribution in [0.4, 0.5) is 11.4 Å². The number of benzene rings is 2. The van der Waals surface area contributed by atoms with E-state index in [4.69, 9.17) is 10.2 Å².